The van der Waals surface area contributed by atoms with Gasteiger partial charge in [-0.25, -0.2) is 4.90 Å². The number of nitrogens with one attached hydrogen (secondary N) is 2. The number of nitrogens with zero attached hydrogens (tertiary/aromatic N) is 1. The van der Waals surface area contributed by atoms with Gasteiger partial charge < -0.3 is 10.6 Å². The zero-order chi connectivity index (χ0) is 25.2. The molecule has 7 heteroatoms. The number of anilines is 3. The quantitative estimate of drug-likeness (QED) is 0.396. The zero-order valence-corrected chi connectivity index (χ0v) is 19.7. The van der Waals surface area contributed by atoms with Crippen LogP contribution in [0.3, 0.4) is 0 Å². The molecule has 0 unspecified atom stereocenters. The van der Waals surface area contributed by atoms with Crippen molar-refractivity contribution in [3.05, 3.63) is 102 Å². The third-order valence-electron chi connectivity index (χ3n) is 6.65. The molecule has 180 valence electrons. The summed E-state index contributed by atoms with van der Waals surface area (Å²) in [6.07, 6.45) is 3.12. The van der Waals surface area contributed by atoms with E-state index in [2.05, 4.69) is 10.6 Å². The second-order valence-corrected chi connectivity index (χ2v) is 9.08. The van der Waals surface area contributed by atoms with Gasteiger partial charge in [0, 0.05) is 16.9 Å². The van der Waals surface area contributed by atoms with Crippen molar-refractivity contribution in [3.8, 4) is 0 Å². The molecule has 0 bridgehead atoms. The summed E-state index contributed by atoms with van der Waals surface area (Å²) < 4.78 is 0. The van der Waals surface area contributed by atoms with E-state index < -0.39 is 5.91 Å². The highest BCUT2D eigenvalue weighted by Crippen LogP contribution is 2.40. The summed E-state index contributed by atoms with van der Waals surface area (Å²) in [5, 5.41) is 5.64. The maximum atomic E-state index is 13.2. The lowest BCUT2D eigenvalue weighted by Gasteiger charge is -2.19. The Hall–Kier alpha value is -4.52. The fourth-order valence-corrected chi connectivity index (χ4v) is 4.76. The van der Waals surface area contributed by atoms with Gasteiger partial charge in [-0.1, -0.05) is 42.0 Å². The topological polar surface area (TPSA) is 95.6 Å². The van der Waals surface area contributed by atoms with Crippen LogP contribution in [0.5, 0.6) is 0 Å². The molecule has 3 aromatic carbocycles. The molecule has 5 rings (SSSR count). The highest BCUT2D eigenvalue weighted by molar-refractivity contribution is 6.25. The van der Waals surface area contributed by atoms with Gasteiger partial charge in [0.15, 0.2) is 0 Å². The number of carbonyl (C=O) groups is 4. The van der Waals surface area contributed by atoms with Gasteiger partial charge in [0.2, 0.25) is 11.8 Å². The van der Waals surface area contributed by atoms with E-state index in [1.165, 1.54) is 4.90 Å². The van der Waals surface area contributed by atoms with Crippen LogP contribution in [0, 0.1) is 11.8 Å². The lowest BCUT2D eigenvalue weighted by Crippen LogP contribution is -2.33. The van der Waals surface area contributed by atoms with Crippen molar-refractivity contribution in [2.45, 2.75) is 19.8 Å². The van der Waals surface area contributed by atoms with E-state index in [0.717, 1.165) is 5.57 Å². The number of imide groups is 1. The third-order valence-corrected chi connectivity index (χ3v) is 6.65. The molecule has 0 spiro atoms. The van der Waals surface area contributed by atoms with Gasteiger partial charge >= 0.3 is 0 Å². The number of para-hydroxylation sites is 1. The number of hydrogen-bond acceptors (Lipinski definition) is 4. The fourth-order valence-electron chi connectivity index (χ4n) is 4.76. The van der Waals surface area contributed by atoms with Gasteiger partial charge in [0.25, 0.3) is 11.8 Å². The Kier molecular flexibility index (Phi) is 6.21. The van der Waals surface area contributed by atoms with Crippen LogP contribution in [0.4, 0.5) is 17.1 Å². The molecule has 0 radical (unpaired) electrons. The van der Waals surface area contributed by atoms with E-state index in [9.17, 15) is 19.2 Å². The fraction of sp³-hybridized carbons (Fsp3) is 0.172. The third kappa shape index (κ3) is 4.43. The van der Waals surface area contributed by atoms with Crippen LogP contribution in [0.1, 0.15) is 40.5 Å². The van der Waals surface area contributed by atoms with Gasteiger partial charge in [-0.15, -0.1) is 0 Å². The van der Waals surface area contributed by atoms with Crippen molar-refractivity contribution in [2.24, 2.45) is 11.8 Å². The van der Waals surface area contributed by atoms with Crippen LogP contribution >= 0.6 is 0 Å². The van der Waals surface area contributed by atoms with Crippen LogP contribution in [0.15, 0.2) is 90.5 Å². The lowest BCUT2D eigenvalue weighted by molar-refractivity contribution is -0.122. The summed E-state index contributed by atoms with van der Waals surface area (Å²) in [7, 11) is 0. The number of amides is 4. The van der Waals surface area contributed by atoms with E-state index in [4.69, 9.17) is 0 Å². The summed E-state index contributed by atoms with van der Waals surface area (Å²) in [5.74, 6) is -1.93. The van der Waals surface area contributed by atoms with Gasteiger partial charge in [-0.3, -0.25) is 19.2 Å². The second-order valence-electron chi connectivity index (χ2n) is 9.08. The monoisotopic (exact) mass is 479 g/mol. The molecule has 0 saturated carbocycles. The standard InChI is InChI=1S/C29H25N3O4/c1-18-11-16-22-24(17-18)29(36)32(28(22)35)25-10-6-5-9-23(25)27(34)31-21-14-12-20(13-15-21)30-26(33)19-7-3-2-4-8-19/h2-15,22,24H,16-17H2,1H3,(H,30,33)(H,31,34)/t22-,24+/m1/s1. The van der Waals surface area contributed by atoms with E-state index in [-0.39, 0.29) is 35.1 Å². The van der Waals surface area contributed by atoms with Crippen LogP contribution in [0.2, 0.25) is 0 Å². The molecule has 2 atom stereocenters. The van der Waals surface area contributed by atoms with Crippen molar-refractivity contribution in [1.29, 1.82) is 0 Å². The van der Waals surface area contributed by atoms with Gasteiger partial charge in [0.1, 0.15) is 0 Å². The molecule has 36 heavy (non-hydrogen) atoms. The van der Waals surface area contributed by atoms with Crippen LogP contribution in [-0.4, -0.2) is 23.6 Å². The normalized spacial score (nSPS) is 18.9. The predicted octanol–water partition coefficient (Wildman–Crippen LogP) is 5.04. The van der Waals surface area contributed by atoms with Gasteiger partial charge in [0.05, 0.1) is 23.1 Å². The molecule has 0 aromatic heterocycles. The first-order valence-corrected chi connectivity index (χ1v) is 11.8. The average Bonchev–Trinajstić information content (AvgIpc) is 3.14. The first-order valence-electron chi connectivity index (χ1n) is 11.8. The molecule has 7 nitrogen and oxygen atoms in total. The molecule has 1 aliphatic heterocycles. The number of carbonyl (C=O) groups excluding carboxylic acids is 4. The molecule has 1 heterocycles. The first-order chi connectivity index (χ1) is 17.4. The summed E-state index contributed by atoms with van der Waals surface area (Å²) >= 11 is 0. The minimum atomic E-state index is -0.434. The molecular weight excluding hydrogens is 454 g/mol. The maximum absolute atomic E-state index is 13.2. The molecule has 2 aliphatic rings. The first kappa shape index (κ1) is 23.2. The molecule has 1 aliphatic carbocycles. The van der Waals surface area contributed by atoms with Crippen molar-refractivity contribution in [3.63, 3.8) is 0 Å². The minimum absolute atomic E-state index is 0.229. The van der Waals surface area contributed by atoms with Crippen LogP contribution in [0.25, 0.3) is 0 Å². The Morgan fingerprint density at radius 1 is 0.750 bits per heavy atom. The van der Waals surface area contributed by atoms with Crippen molar-refractivity contribution >= 4 is 40.7 Å². The van der Waals surface area contributed by atoms with Crippen molar-refractivity contribution < 1.29 is 19.2 Å². The second kappa shape index (κ2) is 9.62. The number of fused-ring (bicyclic) bond motifs is 1. The Morgan fingerprint density at radius 2 is 1.33 bits per heavy atom. The Labute approximate surface area is 208 Å². The Balaban J connectivity index is 1.31. The predicted molar refractivity (Wildman–Crippen MR) is 138 cm³/mol. The van der Waals surface area contributed by atoms with Crippen molar-refractivity contribution in [1.82, 2.24) is 0 Å². The molecule has 3 aromatic rings. The molecule has 2 N–H and O–H groups in total. The van der Waals surface area contributed by atoms with Crippen LogP contribution in [-0.2, 0) is 9.59 Å². The van der Waals surface area contributed by atoms with E-state index in [1.54, 1.807) is 72.8 Å². The highest BCUT2D eigenvalue weighted by Gasteiger charge is 2.49. The summed E-state index contributed by atoms with van der Waals surface area (Å²) in [6, 6.07) is 22.3. The highest BCUT2D eigenvalue weighted by atomic mass is 16.2. The number of benzene rings is 3. The summed E-state index contributed by atoms with van der Waals surface area (Å²) in [5.41, 5.74) is 3.28. The van der Waals surface area contributed by atoms with Gasteiger partial charge in [-0.2, -0.15) is 0 Å². The van der Waals surface area contributed by atoms with Crippen molar-refractivity contribution in [2.75, 3.05) is 15.5 Å². The summed E-state index contributed by atoms with van der Waals surface area (Å²) in [4.78, 5) is 53.0. The average molecular weight is 480 g/mol. The number of allylic oxidation sites excluding steroid dienone is 2. The Morgan fingerprint density at radius 3 is 2.03 bits per heavy atom. The number of hydrogen-bond donors (Lipinski definition) is 2. The lowest BCUT2D eigenvalue weighted by atomic mass is 9.82. The molecular formula is C29H25N3O4. The molecule has 1 saturated heterocycles. The summed E-state index contributed by atoms with van der Waals surface area (Å²) in [6.45, 7) is 1.97. The van der Waals surface area contributed by atoms with E-state index in [0.29, 0.717) is 35.5 Å². The largest absolute Gasteiger partial charge is 0.322 e. The van der Waals surface area contributed by atoms with Gasteiger partial charge in [-0.05, 0) is 68.3 Å². The molecule has 1 fully saturated rings. The minimum Gasteiger partial charge on any atom is -0.322 e. The van der Waals surface area contributed by atoms with Crippen LogP contribution < -0.4 is 15.5 Å². The Bertz CT molecular complexity index is 1380. The smallest absolute Gasteiger partial charge is 0.257 e. The van der Waals surface area contributed by atoms with E-state index in [1.807, 2.05) is 19.1 Å². The zero-order valence-electron chi connectivity index (χ0n) is 19.7. The number of rotatable bonds is 5. The SMILES string of the molecule is CC1=CC[C@H]2C(=O)N(c3ccccc3C(=O)Nc3ccc(NC(=O)c4ccccc4)cc3)C(=O)[C@H]2C1. The molecule has 4 amide bonds. The van der Waals surface area contributed by atoms with E-state index >= 15 is 0 Å². The maximum Gasteiger partial charge on any atom is 0.257 e.